The molecule has 0 aromatic carbocycles. The van der Waals surface area contributed by atoms with E-state index in [-0.39, 0.29) is 0 Å². The van der Waals surface area contributed by atoms with Crippen molar-refractivity contribution >= 4 is 24.4 Å². The molecule has 0 aliphatic rings. The number of thioether (sulfide) groups is 1. The molecule has 1 atom stereocenters. The van der Waals surface area contributed by atoms with E-state index in [9.17, 15) is 0 Å². The Morgan fingerprint density at radius 2 is 2.46 bits per heavy atom. The van der Waals surface area contributed by atoms with Crippen LogP contribution in [0, 0.1) is 12.8 Å². The lowest BCUT2D eigenvalue weighted by Crippen LogP contribution is -2.03. The summed E-state index contributed by atoms with van der Waals surface area (Å²) in [6.45, 7) is 4.12. The Balaban J connectivity index is 2.33. The number of rotatable bonds is 5. The van der Waals surface area contributed by atoms with Crippen molar-refractivity contribution in [2.45, 2.75) is 25.5 Å². The molecule has 1 unspecified atom stereocenters. The molecule has 0 N–H and O–H groups in total. The molecule has 0 radical (unpaired) electrons. The van der Waals surface area contributed by atoms with Crippen LogP contribution >= 0.6 is 24.4 Å². The van der Waals surface area contributed by atoms with Gasteiger partial charge in [0, 0.05) is 5.75 Å². The van der Waals surface area contributed by atoms with E-state index in [1.807, 2.05) is 6.92 Å². The fourth-order valence-electron chi connectivity index (χ4n) is 0.887. The molecule has 0 bridgehead atoms. The van der Waals surface area contributed by atoms with Gasteiger partial charge < -0.3 is 4.42 Å². The lowest BCUT2D eigenvalue weighted by atomic mass is 10.2. The van der Waals surface area contributed by atoms with Crippen LogP contribution in [0.25, 0.3) is 0 Å². The first-order valence-electron chi connectivity index (χ1n) is 4.42. The summed E-state index contributed by atoms with van der Waals surface area (Å²) in [4.78, 5) is 4.22. The smallest absolute Gasteiger partial charge is 0.255 e. The van der Waals surface area contributed by atoms with Crippen molar-refractivity contribution in [2.75, 3.05) is 11.5 Å². The first-order chi connectivity index (χ1) is 6.26. The molecule has 1 heterocycles. The van der Waals surface area contributed by atoms with Gasteiger partial charge in [-0.05, 0) is 18.6 Å². The second-order valence-corrected chi connectivity index (χ2v) is 4.36. The summed E-state index contributed by atoms with van der Waals surface area (Å²) in [5, 5.41) is 0.776. The Hall–Kier alpha value is -0.0900. The minimum atomic E-state index is 0.653. The number of nitrogens with zero attached hydrogens (tertiary/aromatic N) is 1. The standard InChI is InChI=1S/C9H15NOS2/c1-3-8(5-12)6-13-9-10-7(2)4-11-9/h4,8,12H,3,5-6H2,1-2H3. The fourth-order valence-corrected chi connectivity index (χ4v) is 2.51. The van der Waals surface area contributed by atoms with Crippen LogP contribution in [0.2, 0.25) is 0 Å². The summed E-state index contributed by atoms with van der Waals surface area (Å²) in [5.41, 5.74) is 0.946. The van der Waals surface area contributed by atoms with Crippen LogP contribution in [0.3, 0.4) is 0 Å². The molecule has 0 amide bonds. The summed E-state index contributed by atoms with van der Waals surface area (Å²) < 4.78 is 5.23. The van der Waals surface area contributed by atoms with Gasteiger partial charge in [-0.1, -0.05) is 25.1 Å². The predicted molar refractivity (Wildman–Crippen MR) is 59.6 cm³/mol. The quantitative estimate of drug-likeness (QED) is 0.606. The molecule has 1 aromatic rings. The molecule has 0 saturated heterocycles. The van der Waals surface area contributed by atoms with Crippen molar-refractivity contribution < 1.29 is 4.42 Å². The molecule has 1 rings (SSSR count). The average Bonchev–Trinajstić information content (AvgIpc) is 2.53. The van der Waals surface area contributed by atoms with Crippen LogP contribution < -0.4 is 0 Å². The van der Waals surface area contributed by atoms with Gasteiger partial charge >= 0.3 is 0 Å². The molecule has 1 aromatic heterocycles. The Labute approximate surface area is 88.9 Å². The third-order valence-corrected chi connectivity index (χ3v) is 3.46. The van der Waals surface area contributed by atoms with Gasteiger partial charge in [-0.25, -0.2) is 4.98 Å². The summed E-state index contributed by atoms with van der Waals surface area (Å²) in [5.74, 6) is 2.63. The maximum Gasteiger partial charge on any atom is 0.255 e. The molecular formula is C9H15NOS2. The Bertz CT molecular complexity index is 246. The highest BCUT2D eigenvalue weighted by Gasteiger charge is 2.07. The second kappa shape index (κ2) is 5.60. The molecule has 2 nitrogen and oxygen atoms in total. The number of thiol groups is 1. The molecule has 0 aliphatic carbocycles. The second-order valence-electron chi connectivity index (χ2n) is 3.02. The zero-order chi connectivity index (χ0) is 9.68. The molecule has 4 heteroatoms. The molecular weight excluding hydrogens is 202 g/mol. The van der Waals surface area contributed by atoms with Crippen LogP contribution in [-0.4, -0.2) is 16.5 Å². The molecule has 13 heavy (non-hydrogen) atoms. The van der Waals surface area contributed by atoms with Crippen molar-refractivity contribution in [1.82, 2.24) is 4.98 Å². The lowest BCUT2D eigenvalue weighted by Gasteiger charge is -2.08. The van der Waals surface area contributed by atoms with Crippen LogP contribution in [0.15, 0.2) is 15.9 Å². The number of oxazole rings is 1. The summed E-state index contributed by atoms with van der Waals surface area (Å²) in [6, 6.07) is 0. The lowest BCUT2D eigenvalue weighted by molar-refractivity contribution is 0.453. The van der Waals surface area contributed by atoms with E-state index in [0.717, 1.165) is 28.8 Å². The van der Waals surface area contributed by atoms with Gasteiger partial charge in [0.05, 0.1) is 5.69 Å². The first-order valence-corrected chi connectivity index (χ1v) is 6.03. The highest BCUT2D eigenvalue weighted by molar-refractivity contribution is 7.99. The Morgan fingerprint density at radius 1 is 1.69 bits per heavy atom. The van der Waals surface area contributed by atoms with E-state index in [2.05, 4.69) is 24.5 Å². The van der Waals surface area contributed by atoms with Crippen molar-refractivity contribution in [1.29, 1.82) is 0 Å². The van der Waals surface area contributed by atoms with E-state index in [1.165, 1.54) is 0 Å². The van der Waals surface area contributed by atoms with Gasteiger partial charge in [-0.2, -0.15) is 12.6 Å². The number of aryl methyl sites for hydroxylation is 1. The van der Waals surface area contributed by atoms with Crippen LogP contribution in [-0.2, 0) is 0 Å². The highest BCUT2D eigenvalue weighted by Crippen LogP contribution is 2.21. The maximum absolute atomic E-state index is 5.23. The van der Waals surface area contributed by atoms with E-state index in [4.69, 9.17) is 4.42 Å². The molecule has 0 aliphatic heterocycles. The zero-order valence-corrected chi connectivity index (χ0v) is 9.70. The van der Waals surface area contributed by atoms with E-state index < -0.39 is 0 Å². The van der Waals surface area contributed by atoms with Crippen molar-refractivity contribution in [2.24, 2.45) is 5.92 Å². The van der Waals surface area contributed by atoms with Gasteiger partial charge in [0.15, 0.2) is 0 Å². The highest BCUT2D eigenvalue weighted by atomic mass is 32.2. The monoisotopic (exact) mass is 217 g/mol. The summed E-state index contributed by atoms with van der Waals surface area (Å²) >= 11 is 5.95. The van der Waals surface area contributed by atoms with Crippen molar-refractivity contribution in [3.8, 4) is 0 Å². The summed E-state index contributed by atoms with van der Waals surface area (Å²) in [6.07, 6.45) is 2.85. The van der Waals surface area contributed by atoms with E-state index >= 15 is 0 Å². The molecule has 74 valence electrons. The molecule has 0 fully saturated rings. The van der Waals surface area contributed by atoms with Gasteiger partial charge in [0.2, 0.25) is 0 Å². The fraction of sp³-hybridized carbons (Fsp3) is 0.667. The third-order valence-electron chi connectivity index (χ3n) is 1.88. The minimum Gasteiger partial charge on any atom is -0.440 e. The first kappa shape index (κ1) is 11.0. The van der Waals surface area contributed by atoms with E-state index in [1.54, 1.807) is 18.0 Å². The topological polar surface area (TPSA) is 26.0 Å². The van der Waals surface area contributed by atoms with Crippen LogP contribution in [0.4, 0.5) is 0 Å². The molecule has 0 saturated carbocycles. The van der Waals surface area contributed by atoms with Gasteiger partial charge in [0.25, 0.3) is 5.22 Å². The van der Waals surface area contributed by atoms with Gasteiger partial charge in [0.1, 0.15) is 6.26 Å². The minimum absolute atomic E-state index is 0.653. The zero-order valence-electron chi connectivity index (χ0n) is 7.99. The van der Waals surface area contributed by atoms with Crippen molar-refractivity contribution in [3.63, 3.8) is 0 Å². The third kappa shape index (κ3) is 3.65. The van der Waals surface area contributed by atoms with Gasteiger partial charge in [-0.15, -0.1) is 0 Å². The summed E-state index contributed by atoms with van der Waals surface area (Å²) in [7, 11) is 0. The predicted octanol–water partition coefficient (Wildman–Crippen LogP) is 3.03. The number of hydrogen-bond acceptors (Lipinski definition) is 4. The Morgan fingerprint density at radius 3 is 2.92 bits per heavy atom. The van der Waals surface area contributed by atoms with E-state index in [0.29, 0.717) is 5.92 Å². The Kier molecular flexibility index (Phi) is 4.73. The number of hydrogen-bond donors (Lipinski definition) is 1. The average molecular weight is 217 g/mol. The largest absolute Gasteiger partial charge is 0.440 e. The van der Waals surface area contributed by atoms with Crippen LogP contribution in [0.5, 0.6) is 0 Å². The van der Waals surface area contributed by atoms with Crippen molar-refractivity contribution in [3.05, 3.63) is 12.0 Å². The SMILES string of the molecule is CCC(CS)CSc1nc(C)co1. The van der Waals surface area contributed by atoms with Gasteiger partial charge in [-0.3, -0.25) is 0 Å². The maximum atomic E-state index is 5.23. The number of aromatic nitrogens is 1. The molecule has 0 spiro atoms. The van der Waals surface area contributed by atoms with Crippen LogP contribution in [0.1, 0.15) is 19.0 Å². The normalized spacial score (nSPS) is 13.2.